The smallest absolute Gasteiger partial charge is 0.255 e. The number of fused-ring (bicyclic) bond motifs is 6. The Labute approximate surface area is 150 Å². The van der Waals surface area contributed by atoms with Crippen LogP contribution in [0.2, 0.25) is 5.02 Å². The quantitative estimate of drug-likeness (QED) is 0.645. The molecule has 0 radical (unpaired) electrons. The molecular weight excluding hydrogens is 334 g/mol. The number of amides is 1. The van der Waals surface area contributed by atoms with Crippen LogP contribution >= 0.6 is 11.6 Å². The maximum absolute atomic E-state index is 13.3. The molecule has 25 heavy (non-hydrogen) atoms. The number of para-hydroxylation sites is 1. The average Bonchev–Trinajstić information content (AvgIpc) is 3.09. The van der Waals surface area contributed by atoms with Crippen molar-refractivity contribution in [1.29, 1.82) is 0 Å². The van der Waals surface area contributed by atoms with E-state index in [1.807, 2.05) is 37.4 Å². The molecule has 2 aliphatic rings. The number of benzene rings is 2. The summed E-state index contributed by atoms with van der Waals surface area (Å²) in [7, 11) is 2.02. The van der Waals surface area contributed by atoms with E-state index in [0.29, 0.717) is 5.02 Å². The second-order valence-electron chi connectivity index (χ2n) is 7.04. The van der Waals surface area contributed by atoms with Gasteiger partial charge >= 0.3 is 0 Å². The summed E-state index contributed by atoms with van der Waals surface area (Å²) in [6.07, 6.45) is 0.904. The highest BCUT2D eigenvalue weighted by molar-refractivity contribution is 6.31. The number of nitrogens with zero attached hydrogens (tertiary/aromatic N) is 1. The Morgan fingerprint density at radius 3 is 2.88 bits per heavy atom. The molecule has 2 atom stereocenters. The van der Waals surface area contributed by atoms with Gasteiger partial charge in [0, 0.05) is 33.2 Å². The number of carbonyl (C=O) groups is 1. The number of aromatic amines is 1. The highest BCUT2D eigenvalue weighted by Gasteiger charge is 2.56. The Bertz CT molecular complexity index is 1040. The normalized spacial score (nSPS) is 25.2. The van der Waals surface area contributed by atoms with Crippen LogP contribution < -0.4 is 5.32 Å². The predicted molar refractivity (Wildman–Crippen MR) is 100 cm³/mol. The summed E-state index contributed by atoms with van der Waals surface area (Å²) < 4.78 is 0. The molecule has 2 aromatic carbocycles. The third-order valence-corrected chi connectivity index (χ3v) is 6.05. The molecule has 0 saturated carbocycles. The molecule has 0 bridgehead atoms. The highest BCUT2D eigenvalue weighted by Crippen LogP contribution is 2.50. The fraction of sp³-hybridized carbons (Fsp3) is 0.250. The molecule has 3 aromatic rings. The molecule has 1 spiro atoms. The van der Waals surface area contributed by atoms with E-state index >= 15 is 0 Å². The van der Waals surface area contributed by atoms with E-state index in [1.54, 1.807) is 0 Å². The van der Waals surface area contributed by atoms with Gasteiger partial charge in [0.1, 0.15) is 0 Å². The van der Waals surface area contributed by atoms with Crippen molar-refractivity contribution in [2.24, 2.45) is 0 Å². The van der Waals surface area contributed by atoms with Crippen molar-refractivity contribution in [1.82, 2.24) is 9.88 Å². The summed E-state index contributed by atoms with van der Waals surface area (Å²) in [5.41, 5.74) is 4.15. The predicted octanol–water partition coefficient (Wildman–Crippen LogP) is 3.89. The molecule has 0 unspecified atom stereocenters. The molecule has 3 heterocycles. The number of anilines is 1. The second-order valence-corrected chi connectivity index (χ2v) is 7.48. The lowest BCUT2D eigenvalue weighted by Gasteiger charge is -2.44. The van der Waals surface area contributed by atoms with Crippen LogP contribution in [0.15, 0.2) is 42.5 Å². The fourth-order valence-electron chi connectivity index (χ4n) is 4.52. The minimum atomic E-state index is -0.869. The van der Waals surface area contributed by atoms with Crippen LogP contribution in [0.3, 0.4) is 0 Å². The lowest BCUT2D eigenvalue weighted by Crippen LogP contribution is -2.57. The number of halogens is 1. The molecule has 5 heteroatoms. The number of rotatable bonds is 0. The van der Waals surface area contributed by atoms with Crippen molar-refractivity contribution in [2.45, 2.75) is 24.9 Å². The van der Waals surface area contributed by atoms with Crippen molar-refractivity contribution < 1.29 is 4.79 Å². The van der Waals surface area contributed by atoms with Crippen molar-refractivity contribution in [3.05, 3.63) is 64.3 Å². The van der Waals surface area contributed by atoms with Crippen LogP contribution in [0, 0.1) is 0 Å². The summed E-state index contributed by atoms with van der Waals surface area (Å²) in [6, 6.07) is 14.1. The van der Waals surface area contributed by atoms with Crippen molar-refractivity contribution in [2.75, 3.05) is 12.4 Å². The minimum absolute atomic E-state index is 0.0216. The number of aromatic nitrogens is 1. The molecule has 1 aromatic heterocycles. The van der Waals surface area contributed by atoms with E-state index in [9.17, 15) is 4.79 Å². The Kier molecular flexibility index (Phi) is 2.92. The van der Waals surface area contributed by atoms with Crippen molar-refractivity contribution in [3.8, 4) is 0 Å². The maximum Gasteiger partial charge on any atom is 0.255 e. The zero-order chi connectivity index (χ0) is 17.3. The van der Waals surface area contributed by atoms with E-state index in [1.165, 1.54) is 10.9 Å². The first kappa shape index (κ1) is 15.0. The van der Waals surface area contributed by atoms with Gasteiger partial charge in [0.15, 0.2) is 5.54 Å². The largest absolute Gasteiger partial charge is 0.356 e. The molecular formula is C20H18ClN3O. The summed E-state index contributed by atoms with van der Waals surface area (Å²) in [5, 5.41) is 4.89. The lowest BCUT2D eigenvalue weighted by molar-refractivity contribution is -0.126. The van der Waals surface area contributed by atoms with E-state index in [4.69, 9.17) is 11.6 Å². The summed E-state index contributed by atoms with van der Waals surface area (Å²) >= 11 is 6.30. The zero-order valence-corrected chi connectivity index (χ0v) is 14.8. The van der Waals surface area contributed by atoms with Crippen LogP contribution in [0.1, 0.15) is 23.7 Å². The first-order chi connectivity index (χ1) is 12.0. The standard InChI is InChI=1S/C20H18ClN3O/c1-11-9-14-13-5-3-4-6-16(13)22-18(14)20(24(11)2)15-10-12(21)7-8-17(15)23-19(20)25/h3-8,10-11,22H,9H2,1-2H3,(H,23,25)/t11-,20+/m0/s1. The highest BCUT2D eigenvalue weighted by atomic mass is 35.5. The van der Waals surface area contributed by atoms with Gasteiger partial charge in [-0.2, -0.15) is 0 Å². The summed E-state index contributed by atoms with van der Waals surface area (Å²) in [6.45, 7) is 2.17. The SMILES string of the molecule is C[C@H]1Cc2c([nH]c3ccccc23)[C@]2(C(=O)Nc3ccc(Cl)cc32)N1C. The van der Waals surface area contributed by atoms with Crippen LogP contribution in [0.5, 0.6) is 0 Å². The van der Waals surface area contributed by atoms with Gasteiger partial charge in [0.05, 0.1) is 5.69 Å². The summed E-state index contributed by atoms with van der Waals surface area (Å²) in [5.74, 6) is -0.0216. The number of carbonyl (C=O) groups excluding carboxylic acids is 1. The van der Waals surface area contributed by atoms with Crippen LogP contribution in [0.25, 0.3) is 10.9 Å². The van der Waals surface area contributed by atoms with Gasteiger partial charge in [0.2, 0.25) is 0 Å². The third-order valence-electron chi connectivity index (χ3n) is 5.81. The van der Waals surface area contributed by atoms with Crippen LogP contribution in [-0.4, -0.2) is 28.9 Å². The molecule has 0 saturated heterocycles. The van der Waals surface area contributed by atoms with Crippen LogP contribution in [0.4, 0.5) is 5.69 Å². The molecule has 0 fully saturated rings. The first-order valence-electron chi connectivity index (χ1n) is 8.48. The van der Waals surface area contributed by atoms with Gasteiger partial charge in [-0.1, -0.05) is 29.8 Å². The number of hydrogen-bond donors (Lipinski definition) is 2. The van der Waals surface area contributed by atoms with Gasteiger partial charge in [-0.05, 0) is 50.2 Å². The van der Waals surface area contributed by atoms with Crippen molar-refractivity contribution >= 4 is 34.1 Å². The van der Waals surface area contributed by atoms with E-state index in [0.717, 1.165) is 28.9 Å². The number of nitrogens with one attached hydrogen (secondary N) is 2. The molecule has 126 valence electrons. The van der Waals surface area contributed by atoms with Gasteiger partial charge in [-0.3, -0.25) is 9.69 Å². The molecule has 0 aliphatic carbocycles. The average molecular weight is 352 g/mol. The van der Waals surface area contributed by atoms with Gasteiger partial charge in [-0.15, -0.1) is 0 Å². The Morgan fingerprint density at radius 1 is 1.24 bits per heavy atom. The van der Waals surface area contributed by atoms with Crippen LogP contribution in [-0.2, 0) is 16.8 Å². The Morgan fingerprint density at radius 2 is 2.04 bits per heavy atom. The number of hydrogen-bond acceptors (Lipinski definition) is 2. The zero-order valence-electron chi connectivity index (χ0n) is 14.1. The molecule has 4 nitrogen and oxygen atoms in total. The Balaban J connectivity index is 1.91. The Hall–Kier alpha value is -2.30. The van der Waals surface area contributed by atoms with Gasteiger partial charge in [0.25, 0.3) is 5.91 Å². The second kappa shape index (κ2) is 4.87. The van der Waals surface area contributed by atoms with E-state index < -0.39 is 5.54 Å². The number of H-pyrrole nitrogens is 1. The minimum Gasteiger partial charge on any atom is -0.356 e. The van der Waals surface area contributed by atoms with Gasteiger partial charge < -0.3 is 10.3 Å². The number of likely N-dealkylation sites (N-methyl/N-ethyl adjacent to an activating group) is 1. The molecule has 2 aliphatic heterocycles. The monoisotopic (exact) mass is 351 g/mol. The molecule has 2 N–H and O–H groups in total. The maximum atomic E-state index is 13.3. The molecule has 1 amide bonds. The third kappa shape index (κ3) is 1.73. The van der Waals surface area contributed by atoms with Gasteiger partial charge in [-0.25, -0.2) is 0 Å². The van der Waals surface area contributed by atoms with E-state index in [2.05, 4.69) is 34.3 Å². The fourth-order valence-corrected chi connectivity index (χ4v) is 4.69. The lowest BCUT2D eigenvalue weighted by atomic mass is 9.78. The summed E-state index contributed by atoms with van der Waals surface area (Å²) in [4.78, 5) is 19.0. The first-order valence-corrected chi connectivity index (χ1v) is 8.85. The van der Waals surface area contributed by atoms with E-state index in [-0.39, 0.29) is 11.9 Å². The van der Waals surface area contributed by atoms with Crippen molar-refractivity contribution in [3.63, 3.8) is 0 Å². The molecule has 5 rings (SSSR count). The topological polar surface area (TPSA) is 48.1 Å².